The number of halogens is 1. The molecule has 3 nitrogen and oxygen atoms in total. The molecule has 0 bridgehead atoms. The van der Waals surface area contributed by atoms with Gasteiger partial charge in [-0.3, -0.25) is 0 Å². The fourth-order valence-electron chi connectivity index (χ4n) is 1.55. The fraction of sp³-hybridized carbons (Fsp3) is 0.154. The molecule has 1 aromatic carbocycles. The lowest BCUT2D eigenvalue weighted by molar-refractivity contribution is 0.398. The van der Waals surface area contributed by atoms with E-state index in [1.54, 1.807) is 26.5 Å². The van der Waals surface area contributed by atoms with Gasteiger partial charge in [0.05, 0.1) is 19.2 Å². The van der Waals surface area contributed by atoms with Crippen molar-refractivity contribution in [3.63, 3.8) is 0 Å². The third-order valence-corrected chi connectivity index (χ3v) is 2.74. The molecule has 0 unspecified atom stereocenters. The maximum atomic E-state index is 6.20. The van der Waals surface area contributed by atoms with Crippen LogP contribution in [0.15, 0.2) is 36.5 Å². The lowest BCUT2D eigenvalue weighted by Gasteiger charge is -2.07. The van der Waals surface area contributed by atoms with Gasteiger partial charge in [-0.2, -0.15) is 0 Å². The van der Waals surface area contributed by atoms with E-state index in [1.165, 1.54) is 0 Å². The van der Waals surface area contributed by atoms with Gasteiger partial charge in [-0.1, -0.05) is 11.6 Å². The molecule has 0 aliphatic heterocycles. The smallest absolute Gasteiger partial charge is 0.213 e. The molecule has 1 heterocycles. The number of ether oxygens (including phenoxy) is 2. The molecule has 0 amide bonds. The molecule has 0 fully saturated rings. The van der Waals surface area contributed by atoms with Gasteiger partial charge in [0.2, 0.25) is 5.88 Å². The van der Waals surface area contributed by atoms with Gasteiger partial charge in [-0.05, 0) is 29.8 Å². The molecule has 1 aromatic heterocycles. The zero-order valence-corrected chi connectivity index (χ0v) is 10.4. The van der Waals surface area contributed by atoms with Gasteiger partial charge in [0.1, 0.15) is 5.75 Å². The number of nitrogens with zero attached hydrogens (tertiary/aromatic N) is 1. The molecular formula is C13H12ClNO2. The Kier molecular flexibility index (Phi) is 3.49. The summed E-state index contributed by atoms with van der Waals surface area (Å²) in [5.74, 6) is 1.30. The summed E-state index contributed by atoms with van der Waals surface area (Å²) in [5.41, 5.74) is 1.89. The lowest BCUT2D eigenvalue weighted by atomic mass is 10.1. The topological polar surface area (TPSA) is 31.4 Å². The highest BCUT2D eigenvalue weighted by atomic mass is 35.5. The second-order valence-electron chi connectivity index (χ2n) is 3.43. The van der Waals surface area contributed by atoms with Crippen molar-refractivity contribution in [1.82, 2.24) is 4.98 Å². The van der Waals surface area contributed by atoms with Crippen molar-refractivity contribution < 1.29 is 9.47 Å². The summed E-state index contributed by atoms with van der Waals surface area (Å²) in [7, 11) is 3.20. The van der Waals surface area contributed by atoms with E-state index in [9.17, 15) is 0 Å². The molecule has 4 heteroatoms. The Hall–Kier alpha value is -1.74. The Morgan fingerprint density at radius 3 is 2.53 bits per heavy atom. The normalized spacial score (nSPS) is 10.1. The van der Waals surface area contributed by atoms with Crippen molar-refractivity contribution in [1.29, 1.82) is 0 Å². The minimum absolute atomic E-state index is 0.564. The highest BCUT2D eigenvalue weighted by Crippen LogP contribution is 2.31. The summed E-state index contributed by atoms with van der Waals surface area (Å²) in [6.07, 6.45) is 1.69. The van der Waals surface area contributed by atoms with Crippen LogP contribution in [0.5, 0.6) is 11.6 Å². The molecular weight excluding hydrogens is 238 g/mol. The summed E-state index contributed by atoms with van der Waals surface area (Å²) >= 11 is 6.20. The number of benzene rings is 1. The molecule has 0 saturated heterocycles. The van der Waals surface area contributed by atoms with Crippen molar-refractivity contribution >= 4 is 11.6 Å². The predicted octanol–water partition coefficient (Wildman–Crippen LogP) is 3.42. The SMILES string of the molecule is COc1ccc(-c2ccnc(OC)c2)c(Cl)c1. The molecule has 88 valence electrons. The third kappa shape index (κ3) is 2.50. The maximum absolute atomic E-state index is 6.20. The molecule has 0 spiro atoms. The molecule has 2 aromatic rings. The van der Waals surface area contributed by atoms with Crippen LogP contribution >= 0.6 is 11.6 Å². The molecule has 0 aliphatic rings. The number of rotatable bonds is 3. The van der Waals surface area contributed by atoms with Crippen LogP contribution in [0.2, 0.25) is 5.02 Å². The molecule has 2 rings (SSSR count). The standard InChI is InChI=1S/C13H12ClNO2/c1-16-10-3-4-11(12(14)8-10)9-5-6-15-13(7-9)17-2/h3-8H,1-2H3. The van der Waals surface area contributed by atoms with E-state index >= 15 is 0 Å². The van der Waals surface area contributed by atoms with E-state index in [2.05, 4.69) is 4.98 Å². The Balaban J connectivity index is 2.45. The summed E-state index contributed by atoms with van der Waals surface area (Å²) in [6, 6.07) is 9.29. The Morgan fingerprint density at radius 1 is 1.06 bits per heavy atom. The minimum Gasteiger partial charge on any atom is -0.497 e. The first-order chi connectivity index (χ1) is 8.24. The first kappa shape index (κ1) is 11.7. The number of methoxy groups -OCH3 is 2. The first-order valence-corrected chi connectivity index (χ1v) is 5.46. The van der Waals surface area contributed by atoms with E-state index in [-0.39, 0.29) is 0 Å². The van der Waals surface area contributed by atoms with Crippen LogP contribution in [-0.2, 0) is 0 Å². The number of hydrogen-bond acceptors (Lipinski definition) is 3. The average molecular weight is 250 g/mol. The van der Waals surface area contributed by atoms with Gasteiger partial charge in [0, 0.05) is 17.8 Å². The molecule has 17 heavy (non-hydrogen) atoms. The quantitative estimate of drug-likeness (QED) is 0.835. The van der Waals surface area contributed by atoms with Crippen molar-refractivity contribution in [3.8, 4) is 22.8 Å². The zero-order valence-electron chi connectivity index (χ0n) is 9.61. The molecule has 0 saturated carbocycles. The zero-order chi connectivity index (χ0) is 12.3. The third-order valence-electron chi connectivity index (χ3n) is 2.43. The highest BCUT2D eigenvalue weighted by Gasteiger charge is 2.06. The number of pyridine rings is 1. The first-order valence-electron chi connectivity index (χ1n) is 5.08. The summed E-state index contributed by atoms with van der Waals surface area (Å²) in [5, 5.41) is 0.637. The van der Waals surface area contributed by atoms with E-state index in [0.717, 1.165) is 16.9 Å². The Bertz CT molecular complexity index is 529. The average Bonchev–Trinajstić information content (AvgIpc) is 2.38. The minimum atomic E-state index is 0.564. The van der Waals surface area contributed by atoms with Crippen LogP contribution < -0.4 is 9.47 Å². The second kappa shape index (κ2) is 5.06. The Morgan fingerprint density at radius 2 is 1.88 bits per heavy atom. The van der Waals surface area contributed by atoms with E-state index in [1.807, 2.05) is 24.3 Å². The van der Waals surface area contributed by atoms with Crippen molar-refractivity contribution in [2.45, 2.75) is 0 Å². The van der Waals surface area contributed by atoms with Crippen LogP contribution in [0.4, 0.5) is 0 Å². The lowest BCUT2D eigenvalue weighted by Crippen LogP contribution is -1.89. The van der Waals surface area contributed by atoms with Crippen LogP contribution in [0, 0.1) is 0 Å². The predicted molar refractivity (Wildman–Crippen MR) is 67.8 cm³/mol. The van der Waals surface area contributed by atoms with Crippen LogP contribution in [0.1, 0.15) is 0 Å². The van der Waals surface area contributed by atoms with Gasteiger partial charge in [-0.25, -0.2) is 4.98 Å². The summed E-state index contributed by atoms with van der Waals surface area (Å²) in [4.78, 5) is 4.06. The van der Waals surface area contributed by atoms with Gasteiger partial charge in [0.15, 0.2) is 0 Å². The maximum Gasteiger partial charge on any atom is 0.213 e. The molecule has 0 aliphatic carbocycles. The molecule has 0 radical (unpaired) electrons. The van der Waals surface area contributed by atoms with Gasteiger partial charge in [-0.15, -0.1) is 0 Å². The largest absolute Gasteiger partial charge is 0.497 e. The van der Waals surface area contributed by atoms with E-state index in [4.69, 9.17) is 21.1 Å². The van der Waals surface area contributed by atoms with Crippen LogP contribution in [0.25, 0.3) is 11.1 Å². The fourth-order valence-corrected chi connectivity index (χ4v) is 1.83. The number of aromatic nitrogens is 1. The highest BCUT2D eigenvalue weighted by molar-refractivity contribution is 6.33. The van der Waals surface area contributed by atoms with Gasteiger partial charge >= 0.3 is 0 Å². The van der Waals surface area contributed by atoms with Gasteiger partial charge < -0.3 is 9.47 Å². The second-order valence-corrected chi connectivity index (χ2v) is 3.84. The summed E-state index contributed by atoms with van der Waals surface area (Å²) < 4.78 is 10.2. The van der Waals surface area contributed by atoms with E-state index in [0.29, 0.717) is 10.9 Å². The molecule has 0 N–H and O–H groups in total. The van der Waals surface area contributed by atoms with E-state index < -0.39 is 0 Å². The van der Waals surface area contributed by atoms with Crippen molar-refractivity contribution in [3.05, 3.63) is 41.6 Å². The van der Waals surface area contributed by atoms with Crippen molar-refractivity contribution in [2.24, 2.45) is 0 Å². The Labute approximate surface area is 105 Å². The molecule has 0 atom stereocenters. The summed E-state index contributed by atoms with van der Waals surface area (Å²) in [6.45, 7) is 0. The van der Waals surface area contributed by atoms with Gasteiger partial charge in [0.25, 0.3) is 0 Å². The monoisotopic (exact) mass is 249 g/mol. The number of hydrogen-bond donors (Lipinski definition) is 0. The van der Waals surface area contributed by atoms with Crippen LogP contribution in [-0.4, -0.2) is 19.2 Å². The van der Waals surface area contributed by atoms with Crippen molar-refractivity contribution in [2.75, 3.05) is 14.2 Å². The van der Waals surface area contributed by atoms with Crippen LogP contribution in [0.3, 0.4) is 0 Å².